The molecule has 0 radical (unpaired) electrons. The fourth-order valence-corrected chi connectivity index (χ4v) is 2.21. The van der Waals surface area contributed by atoms with Gasteiger partial charge in [-0.1, -0.05) is 11.6 Å². The summed E-state index contributed by atoms with van der Waals surface area (Å²) < 4.78 is 33.6. The van der Waals surface area contributed by atoms with Gasteiger partial charge in [0, 0.05) is 18.9 Å². The Morgan fingerprint density at radius 2 is 2.10 bits per heavy atom. The fourth-order valence-electron chi connectivity index (χ4n) is 1.99. The summed E-state index contributed by atoms with van der Waals surface area (Å²) in [5, 5.41) is 2.60. The molecule has 3 N–H and O–H groups in total. The van der Waals surface area contributed by atoms with Crippen molar-refractivity contribution in [2.45, 2.75) is 25.0 Å². The van der Waals surface area contributed by atoms with Gasteiger partial charge >= 0.3 is 6.61 Å². The van der Waals surface area contributed by atoms with Crippen molar-refractivity contribution in [2.24, 2.45) is 5.73 Å². The molecule has 0 aromatic heterocycles. The van der Waals surface area contributed by atoms with Gasteiger partial charge in [-0.2, -0.15) is 8.78 Å². The van der Waals surface area contributed by atoms with Crippen molar-refractivity contribution < 1.29 is 23.0 Å². The van der Waals surface area contributed by atoms with Gasteiger partial charge in [0.05, 0.1) is 5.02 Å². The highest BCUT2D eigenvalue weighted by molar-refractivity contribution is 6.32. The van der Waals surface area contributed by atoms with Crippen molar-refractivity contribution in [3.8, 4) is 5.75 Å². The molecule has 0 bridgehead atoms. The minimum atomic E-state index is -2.96. The molecule has 1 aromatic carbocycles. The Morgan fingerprint density at radius 1 is 1.43 bits per heavy atom. The fraction of sp³-hybridized carbons (Fsp3) is 0.462. The summed E-state index contributed by atoms with van der Waals surface area (Å²) in [4.78, 5) is 12.2. The molecule has 1 fully saturated rings. The first-order chi connectivity index (χ1) is 9.90. The maximum Gasteiger partial charge on any atom is 0.387 e. The van der Waals surface area contributed by atoms with Crippen molar-refractivity contribution in [1.82, 2.24) is 0 Å². The number of carbonyl (C=O) groups is 1. The normalized spacial score (nSPS) is 17.6. The second kappa shape index (κ2) is 6.55. The third-order valence-corrected chi connectivity index (χ3v) is 3.54. The molecule has 0 saturated carbocycles. The van der Waals surface area contributed by atoms with Crippen LogP contribution in [0.3, 0.4) is 0 Å². The lowest BCUT2D eigenvalue weighted by Crippen LogP contribution is -2.54. The van der Waals surface area contributed by atoms with Crippen LogP contribution in [0.2, 0.25) is 5.02 Å². The lowest BCUT2D eigenvalue weighted by Gasteiger charge is -2.31. The molecule has 0 spiro atoms. The molecular formula is C13H15ClF2N2O3. The lowest BCUT2D eigenvalue weighted by molar-refractivity contribution is -0.124. The number of halogens is 3. The number of ether oxygens (including phenoxy) is 2. The van der Waals surface area contributed by atoms with E-state index in [1.54, 1.807) is 0 Å². The van der Waals surface area contributed by atoms with Crippen molar-refractivity contribution in [1.29, 1.82) is 0 Å². The highest BCUT2D eigenvalue weighted by Gasteiger charge is 2.35. The van der Waals surface area contributed by atoms with E-state index in [1.807, 2.05) is 0 Å². The predicted octanol–water partition coefficient (Wildman–Crippen LogP) is 2.39. The third kappa shape index (κ3) is 4.03. The van der Waals surface area contributed by atoms with E-state index >= 15 is 0 Å². The summed E-state index contributed by atoms with van der Waals surface area (Å²) in [5.41, 5.74) is 5.40. The van der Waals surface area contributed by atoms with Crippen molar-refractivity contribution in [3.05, 3.63) is 23.2 Å². The van der Waals surface area contributed by atoms with E-state index in [4.69, 9.17) is 22.1 Å². The summed E-state index contributed by atoms with van der Waals surface area (Å²) in [5.74, 6) is -0.511. The summed E-state index contributed by atoms with van der Waals surface area (Å²) in [6.45, 7) is -2.12. The van der Waals surface area contributed by atoms with Crippen LogP contribution >= 0.6 is 11.6 Å². The van der Waals surface area contributed by atoms with Crippen LogP contribution in [-0.4, -0.2) is 31.3 Å². The predicted molar refractivity (Wildman–Crippen MR) is 73.7 cm³/mol. The summed E-state index contributed by atoms with van der Waals surface area (Å²) in [6.07, 6.45) is 0.832. The van der Waals surface area contributed by atoms with Crippen LogP contribution in [0.4, 0.5) is 14.5 Å². The summed E-state index contributed by atoms with van der Waals surface area (Å²) in [7, 11) is 0. The topological polar surface area (TPSA) is 73.6 Å². The number of hydrogen-bond donors (Lipinski definition) is 2. The van der Waals surface area contributed by atoms with Gasteiger partial charge in [0.25, 0.3) is 0 Å². The zero-order valence-corrected chi connectivity index (χ0v) is 11.8. The lowest BCUT2D eigenvalue weighted by atomic mass is 9.90. The zero-order chi connectivity index (χ0) is 15.5. The standard InChI is InChI=1S/C13H15ClF2N2O3/c14-9-7-8(1-2-10(9)21-12(15)16)18-11(19)13(17)3-5-20-6-4-13/h1-2,7,12H,3-6,17H2,(H,18,19). The van der Waals surface area contributed by atoms with Crippen LogP contribution in [-0.2, 0) is 9.53 Å². The van der Waals surface area contributed by atoms with Crippen molar-refractivity contribution in [2.75, 3.05) is 18.5 Å². The van der Waals surface area contributed by atoms with Gasteiger partial charge in [0.15, 0.2) is 0 Å². The van der Waals surface area contributed by atoms with Gasteiger partial charge in [-0.3, -0.25) is 4.79 Å². The van der Waals surface area contributed by atoms with Gasteiger partial charge in [-0.25, -0.2) is 0 Å². The highest BCUT2D eigenvalue weighted by Crippen LogP contribution is 2.29. The Morgan fingerprint density at radius 3 is 2.67 bits per heavy atom. The smallest absolute Gasteiger partial charge is 0.387 e. The van der Waals surface area contributed by atoms with Gasteiger partial charge in [0.2, 0.25) is 5.91 Å². The Kier molecular flexibility index (Phi) is 4.97. The highest BCUT2D eigenvalue weighted by atomic mass is 35.5. The van der Waals surface area contributed by atoms with Crippen LogP contribution in [0, 0.1) is 0 Å². The molecule has 1 aliphatic heterocycles. The van der Waals surface area contributed by atoms with Crippen LogP contribution in [0.1, 0.15) is 12.8 Å². The Labute approximate surface area is 125 Å². The van der Waals surface area contributed by atoms with E-state index in [2.05, 4.69) is 10.1 Å². The number of alkyl halides is 2. The number of benzene rings is 1. The second-order valence-corrected chi connectivity index (χ2v) is 5.15. The third-order valence-electron chi connectivity index (χ3n) is 3.24. The molecule has 0 unspecified atom stereocenters. The van der Waals surface area contributed by atoms with Crippen LogP contribution in [0.5, 0.6) is 5.75 Å². The Balaban J connectivity index is 2.05. The largest absolute Gasteiger partial charge is 0.433 e. The number of nitrogens with two attached hydrogens (primary N) is 1. The van der Waals surface area contributed by atoms with Crippen molar-refractivity contribution >= 4 is 23.2 Å². The van der Waals surface area contributed by atoms with Crippen LogP contribution in [0.15, 0.2) is 18.2 Å². The number of amides is 1. The first-order valence-corrected chi connectivity index (χ1v) is 6.71. The minimum Gasteiger partial charge on any atom is -0.433 e. The quantitative estimate of drug-likeness (QED) is 0.893. The van der Waals surface area contributed by atoms with Gasteiger partial charge in [-0.15, -0.1) is 0 Å². The molecule has 0 atom stereocenters. The van der Waals surface area contributed by atoms with Crippen LogP contribution < -0.4 is 15.8 Å². The zero-order valence-electron chi connectivity index (χ0n) is 11.1. The average Bonchev–Trinajstić information content (AvgIpc) is 2.42. The molecule has 8 heteroatoms. The van der Waals surface area contributed by atoms with E-state index in [0.717, 1.165) is 0 Å². The SMILES string of the molecule is NC1(C(=O)Nc2ccc(OC(F)F)c(Cl)c2)CCOCC1. The number of rotatable bonds is 4. The molecule has 1 aliphatic rings. The number of nitrogens with one attached hydrogen (secondary N) is 1. The average molecular weight is 321 g/mol. The minimum absolute atomic E-state index is 0.0221. The summed E-state index contributed by atoms with van der Waals surface area (Å²) >= 11 is 5.82. The maximum atomic E-state index is 12.2. The van der Waals surface area contributed by atoms with Gasteiger partial charge in [0.1, 0.15) is 11.3 Å². The first kappa shape index (κ1) is 15.9. The number of carbonyl (C=O) groups excluding carboxylic acids is 1. The number of hydrogen-bond acceptors (Lipinski definition) is 4. The Hall–Kier alpha value is -1.44. The second-order valence-electron chi connectivity index (χ2n) is 4.75. The van der Waals surface area contributed by atoms with E-state index in [1.165, 1.54) is 18.2 Å². The maximum absolute atomic E-state index is 12.2. The van der Waals surface area contributed by atoms with E-state index in [-0.39, 0.29) is 16.7 Å². The van der Waals surface area contributed by atoms with Crippen molar-refractivity contribution in [3.63, 3.8) is 0 Å². The molecule has 2 rings (SSSR count). The first-order valence-electron chi connectivity index (χ1n) is 6.33. The molecular weight excluding hydrogens is 306 g/mol. The molecule has 5 nitrogen and oxygen atoms in total. The molecule has 1 saturated heterocycles. The Bertz CT molecular complexity index is 522. The monoisotopic (exact) mass is 320 g/mol. The molecule has 116 valence electrons. The summed E-state index contributed by atoms with van der Waals surface area (Å²) in [6, 6.07) is 4.02. The molecule has 1 aromatic rings. The number of anilines is 1. The van der Waals surface area contributed by atoms with Gasteiger partial charge in [-0.05, 0) is 31.0 Å². The van der Waals surface area contributed by atoms with Gasteiger partial charge < -0.3 is 20.5 Å². The molecule has 1 heterocycles. The van der Waals surface area contributed by atoms with E-state index < -0.39 is 12.2 Å². The van der Waals surface area contributed by atoms with E-state index in [0.29, 0.717) is 31.7 Å². The van der Waals surface area contributed by atoms with E-state index in [9.17, 15) is 13.6 Å². The van der Waals surface area contributed by atoms with Crippen LogP contribution in [0.25, 0.3) is 0 Å². The molecule has 0 aliphatic carbocycles. The molecule has 21 heavy (non-hydrogen) atoms. The molecule has 1 amide bonds.